The van der Waals surface area contributed by atoms with Crippen molar-refractivity contribution in [3.8, 4) is 6.07 Å². The van der Waals surface area contributed by atoms with Gasteiger partial charge in [0.15, 0.2) is 0 Å². The lowest BCUT2D eigenvalue weighted by molar-refractivity contribution is -0.142. The van der Waals surface area contributed by atoms with Crippen LogP contribution in [0, 0.1) is 34.5 Å². The highest BCUT2D eigenvalue weighted by molar-refractivity contribution is 5.93. The molecule has 1 saturated carbocycles. The van der Waals surface area contributed by atoms with Gasteiger partial charge in [0.25, 0.3) is 0 Å². The van der Waals surface area contributed by atoms with E-state index in [1.807, 2.05) is 0 Å². The molecule has 2 aliphatic heterocycles. The Morgan fingerprint density at radius 2 is 2.03 bits per heavy atom. The lowest BCUT2D eigenvalue weighted by Crippen LogP contribution is -2.56. The molecule has 158 valence electrons. The van der Waals surface area contributed by atoms with Gasteiger partial charge >= 0.3 is 0 Å². The zero-order valence-corrected chi connectivity index (χ0v) is 17.3. The lowest BCUT2D eigenvalue weighted by atomic mass is 9.97. The van der Waals surface area contributed by atoms with E-state index in [0.29, 0.717) is 19.5 Å². The first-order valence-corrected chi connectivity index (χ1v) is 10.1. The number of hydrogen-bond donors (Lipinski definition) is 3. The van der Waals surface area contributed by atoms with Crippen molar-refractivity contribution in [2.75, 3.05) is 13.1 Å². The van der Waals surface area contributed by atoms with E-state index in [9.17, 15) is 24.4 Å². The molecule has 4 amide bonds. The number of carbonyl (C=O) groups excluding carboxylic acids is 4. The predicted molar refractivity (Wildman–Crippen MR) is 103 cm³/mol. The summed E-state index contributed by atoms with van der Waals surface area (Å²) in [5, 5.41) is 17.5. The predicted octanol–water partition coefficient (Wildman–Crippen LogP) is -0.471. The summed E-state index contributed by atoms with van der Waals surface area (Å²) in [6.45, 7) is 8.14. The number of rotatable bonds is 6. The number of nitrogens with one attached hydrogen (secondary N) is 3. The second-order valence-electron chi connectivity index (χ2n) is 9.01. The molecule has 9 nitrogen and oxygen atoms in total. The van der Waals surface area contributed by atoms with Crippen LogP contribution in [0.15, 0.2) is 0 Å². The molecule has 3 rings (SSSR count). The van der Waals surface area contributed by atoms with Crippen LogP contribution in [0.1, 0.15) is 40.5 Å². The lowest BCUT2D eigenvalue weighted by Gasteiger charge is -2.32. The summed E-state index contributed by atoms with van der Waals surface area (Å²) < 4.78 is 0. The highest BCUT2D eigenvalue weighted by atomic mass is 16.2. The molecule has 3 fully saturated rings. The molecule has 29 heavy (non-hydrogen) atoms. The molecular weight excluding hydrogens is 374 g/mol. The monoisotopic (exact) mass is 403 g/mol. The Labute approximate surface area is 170 Å². The summed E-state index contributed by atoms with van der Waals surface area (Å²) in [7, 11) is 0. The summed E-state index contributed by atoms with van der Waals surface area (Å²) in [5.41, 5.74) is -0.0521. The Bertz CT molecular complexity index is 773. The number of amides is 4. The zero-order valence-electron chi connectivity index (χ0n) is 17.3. The van der Waals surface area contributed by atoms with E-state index in [2.05, 4.69) is 35.9 Å². The second-order valence-corrected chi connectivity index (χ2v) is 9.01. The molecule has 0 aromatic heterocycles. The Hall–Kier alpha value is -2.63. The topological polar surface area (TPSA) is 131 Å². The fourth-order valence-electron chi connectivity index (χ4n) is 4.98. The molecule has 2 saturated heterocycles. The van der Waals surface area contributed by atoms with Crippen LogP contribution in [0.4, 0.5) is 0 Å². The average Bonchev–Trinajstić information content (AvgIpc) is 3.02. The van der Waals surface area contributed by atoms with Gasteiger partial charge in [-0.3, -0.25) is 19.2 Å². The molecule has 1 aliphatic carbocycles. The van der Waals surface area contributed by atoms with E-state index in [-0.39, 0.29) is 53.2 Å². The van der Waals surface area contributed by atoms with Crippen molar-refractivity contribution in [1.29, 1.82) is 5.26 Å². The summed E-state index contributed by atoms with van der Waals surface area (Å²) in [6.07, 6.45) is 0.904. The van der Waals surface area contributed by atoms with Crippen molar-refractivity contribution in [3.05, 3.63) is 0 Å². The standard InChI is InChI=1S/C20H29N5O4/c1-10(23-11(2)26)19(29)25-9-14-15(20(14,3)4)16(25)18(28)24-13(8-21)7-12-5-6-22-17(12)27/h10,12-16H,5-7,9H2,1-4H3,(H,22,27)(H,23,26)(H,24,28)/t10-,12-,13-,14-,15-,16-/m0/s1. The van der Waals surface area contributed by atoms with Crippen molar-refractivity contribution >= 4 is 23.6 Å². The van der Waals surface area contributed by atoms with Crippen LogP contribution < -0.4 is 16.0 Å². The summed E-state index contributed by atoms with van der Waals surface area (Å²) in [6, 6.07) is -0.115. The highest BCUT2D eigenvalue weighted by Gasteiger charge is 2.69. The van der Waals surface area contributed by atoms with Crippen molar-refractivity contribution in [3.63, 3.8) is 0 Å². The van der Waals surface area contributed by atoms with E-state index >= 15 is 0 Å². The maximum atomic E-state index is 13.1. The number of nitriles is 1. The largest absolute Gasteiger partial charge is 0.356 e. The maximum Gasteiger partial charge on any atom is 0.245 e. The van der Waals surface area contributed by atoms with Gasteiger partial charge in [0.05, 0.1) is 6.07 Å². The molecule has 0 aromatic carbocycles. The molecule has 0 bridgehead atoms. The van der Waals surface area contributed by atoms with Gasteiger partial charge in [-0.2, -0.15) is 5.26 Å². The molecule has 2 heterocycles. The van der Waals surface area contributed by atoms with Gasteiger partial charge in [-0.05, 0) is 37.0 Å². The number of hydrogen-bond acceptors (Lipinski definition) is 5. The number of nitrogens with zero attached hydrogens (tertiary/aromatic N) is 2. The molecule has 6 atom stereocenters. The highest BCUT2D eigenvalue weighted by Crippen LogP contribution is 2.64. The number of piperidine rings is 1. The molecule has 0 radical (unpaired) electrons. The molecule has 0 spiro atoms. The van der Waals surface area contributed by atoms with Crippen LogP contribution in [-0.2, 0) is 19.2 Å². The van der Waals surface area contributed by atoms with Crippen molar-refractivity contribution in [1.82, 2.24) is 20.9 Å². The van der Waals surface area contributed by atoms with Gasteiger partial charge in [-0.15, -0.1) is 0 Å². The number of carbonyl (C=O) groups is 4. The van der Waals surface area contributed by atoms with Gasteiger partial charge in [-0.25, -0.2) is 0 Å². The fraction of sp³-hybridized carbons (Fsp3) is 0.750. The summed E-state index contributed by atoms with van der Waals surface area (Å²) in [5.74, 6) is -1.12. The third kappa shape index (κ3) is 3.93. The SMILES string of the molecule is CC(=O)N[C@@H](C)C(=O)N1C[C@H]2[C@@H]([C@H]1C(=O)N[C@H](C#N)C[C@@H]1CCNC1=O)C2(C)C. The molecule has 0 aromatic rings. The first-order chi connectivity index (χ1) is 13.6. The van der Waals surface area contributed by atoms with E-state index in [4.69, 9.17) is 0 Å². The quantitative estimate of drug-likeness (QED) is 0.552. The molecule has 3 N–H and O–H groups in total. The first kappa shape index (κ1) is 21.1. The zero-order chi connectivity index (χ0) is 21.5. The van der Waals surface area contributed by atoms with Crippen molar-refractivity contribution < 1.29 is 19.2 Å². The van der Waals surface area contributed by atoms with E-state index in [1.165, 1.54) is 11.8 Å². The molecule has 9 heteroatoms. The Morgan fingerprint density at radius 1 is 1.34 bits per heavy atom. The van der Waals surface area contributed by atoms with Gasteiger partial charge in [0.1, 0.15) is 18.1 Å². The third-order valence-electron chi connectivity index (χ3n) is 6.71. The first-order valence-electron chi connectivity index (χ1n) is 10.1. The third-order valence-corrected chi connectivity index (χ3v) is 6.71. The van der Waals surface area contributed by atoms with Gasteiger partial charge < -0.3 is 20.9 Å². The molecular formula is C20H29N5O4. The van der Waals surface area contributed by atoms with Crippen LogP contribution in [-0.4, -0.2) is 59.7 Å². The Balaban J connectivity index is 1.71. The van der Waals surface area contributed by atoms with Gasteiger partial charge in [0, 0.05) is 25.9 Å². The number of likely N-dealkylation sites (tertiary alicyclic amines) is 1. The summed E-state index contributed by atoms with van der Waals surface area (Å²) >= 11 is 0. The normalized spacial score (nSPS) is 31.1. The van der Waals surface area contributed by atoms with E-state index in [1.54, 1.807) is 6.92 Å². The number of fused-ring (bicyclic) bond motifs is 1. The minimum atomic E-state index is -0.790. The van der Waals surface area contributed by atoms with Crippen molar-refractivity contribution in [2.24, 2.45) is 23.2 Å². The molecule has 0 unspecified atom stereocenters. The minimum absolute atomic E-state index is 0.0186. The van der Waals surface area contributed by atoms with Crippen LogP contribution in [0.3, 0.4) is 0 Å². The fourth-order valence-corrected chi connectivity index (χ4v) is 4.98. The minimum Gasteiger partial charge on any atom is -0.356 e. The second kappa shape index (κ2) is 7.65. The van der Waals surface area contributed by atoms with E-state index in [0.717, 1.165) is 0 Å². The maximum absolute atomic E-state index is 13.1. The smallest absolute Gasteiger partial charge is 0.245 e. The summed E-state index contributed by atoms with van der Waals surface area (Å²) in [4.78, 5) is 50.6. The van der Waals surface area contributed by atoms with Crippen LogP contribution in [0.25, 0.3) is 0 Å². The Morgan fingerprint density at radius 3 is 2.59 bits per heavy atom. The molecule has 3 aliphatic rings. The van der Waals surface area contributed by atoms with Crippen LogP contribution in [0.2, 0.25) is 0 Å². The van der Waals surface area contributed by atoms with Crippen LogP contribution in [0.5, 0.6) is 0 Å². The van der Waals surface area contributed by atoms with Gasteiger partial charge in [-0.1, -0.05) is 13.8 Å². The van der Waals surface area contributed by atoms with Gasteiger partial charge in [0.2, 0.25) is 23.6 Å². The average molecular weight is 403 g/mol. The Kier molecular flexibility index (Phi) is 5.57. The van der Waals surface area contributed by atoms with Crippen molar-refractivity contribution in [2.45, 2.75) is 58.7 Å². The van der Waals surface area contributed by atoms with E-state index < -0.39 is 18.1 Å². The van der Waals surface area contributed by atoms with Crippen LogP contribution >= 0.6 is 0 Å².